The second-order valence-corrected chi connectivity index (χ2v) is 7.97. The van der Waals surface area contributed by atoms with Crippen molar-refractivity contribution in [1.82, 2.24) is 4.90 Å². The standard InChI is InChI=1S/C25H27NO5/c1-30-18-14-12-16(13-15-18)23(27)21-22(19-10-6-7-11-20(19)31-2)26(25(29)24(21)28)17-8-4-3-5-9-17/h6-7,10-15,17,22,27H,3-5,8-9H2,1-2H3/b23-21-. The molecule has 1 saturated heterocycles. The number of carbonyl (C=O) groups excluding carboxylic acids is 2. The quantitative estimate of drug-likeness (QED) is 0.438. The van der Waals surface area contributed by atoms with Crippen LogP contribution in [0, 0.1) is 0 Å². The van der Waals surface area contributed by atoms with Crippen LogP contribution in [0.25, 0.3) is 5.76 Å². The summed E-state index contributed by atoms with van der Waals surface area (Å²) < 4.78 is 10.7. The number of hydrogen-bond acceptors (Lipinski definition) is 5. The number of aliphatic hydroxyl groups excluding tert-OH is 1. The lowest BCUT2D eigenvalue weighted by Gasteiger charge is -2.35. The number of likely N-dealkylation sites (tertiary alicyclic amines) is 1. The van der Waals surface area contributed by atoms with Gasteiger partial charge in [0.25, 0.3) is 11.7 Å². The molecule has 1 heterocycles. The van der Waals surface area contributed by atoms with Crippen molar-refractivity contribution in [3.8, 4) is 11.5 Å². The molecule has 1 atom stereocenters. The number of amides is 1. The zero-order valence-electron chi connectivity index (χ0n) is 17.8. The van der Waals surface area contributed by atoms with Gasteiger partial charge < -0.3 is 19.5 Å². The number of para-hydroxylation sites is 1. The average molecular weight is 421 g/mol. The summed E-state index contributed by atoms with van der Waals surface area (Å²) in [5, 5.41) is 11.2. The Morgan fingerprint density at radius 3 is 2.26 bits per heavy atom. The second-order valence-electron chi connectivity index (χ2n) is 7.97. The SMILES string of the molecule is COc1ccc(/C(O)=C2/C(=O)C(=O)N(C3CCCCC3)C2c2ccccc2OC)cc1. The highest BCUT2D eigenvalue weighted by Crippen LogP contribution is 2.45. The highest BCUT2D eigenvalue weighted by atomic mass is 16.5. The molecular formula is C25H27NO5. The number of carbonyl (C=O) groups is 2. The fourth-order valence-corrected chi connectivity index (χ4v) is 4.69. The number of aliphatic hydroxyl groups is 1. The van der Waals surface area contributed by atoms with Crippen molar-refractivity contribution in [2.24, 2.45) is 0 Å². The van der Waals surface area contributed by atoms with Gasteiger partial charge in [0.05, 0.1) is 25.8 Å². The Labute approximate surface area is 182 Å². The predicted molar refractivity (Wildman–Crippen MR) is 117 cm³/mol. The summed E-state index contributed by atoms with van der Waals surface area (Å²) in [6, 6.07) is 13.4. The molecule has 2 aromatic rings. The molecule has 31 heavy (non-hydrogen) atoms. The number of Topliss-reactive ketones (excluding diaryl/α,β-unsaturated/α-hetero) is 1. The van der Waals surface area contributed by atoms with Gasteiger partial charge >= 0.3 is 0 Å². The Hall–Kier alpha value is -3.28. The van der Waals surface area contributed by atoms with Gasteiger partial charge in [0.15, 0.2) is 0 Å². The van der Waals surface area contributed by atoms with E-state index in [0.717, 1.165) is 32.1 Å². The van der Waals surface area contributed by atoms with Crippen molar-refractivity contribution in [3.05, 3.63) is 65.2 Å². The van der Waals surface area contributed by atoms with Crippen LogP contribution in [0.3, 0.4) is 0 Å². The van der Waals surface area contributed by atoms with E-state index < -0.39 is 17.7 Å². The molecule has 2 aromatic carbocycles. The van der Waals surface area contributed by atoms with Crippen LogP contribution in [-0.2, 0) is 9.59 Å². The smallest absolute Gasteiger partial charge is 0.295 e. The van der Waals surface area contributed by atoms with E-state index in [4.69, 9.17) is 9.47 Å². The van der Waals surface area contributed by atoms with E-state index in [1.807, 2.05) is 24.3 Å². The van der Waals surface area contributed by atoms with Gasteiger partial charge in [-0.25, -0.2) is 0 Å². The predicted octanol–water partition coefficient (Wildman–Crippen LogP) is 4.46. The van der Waals surface area contributed by atoms with Crippen LogP contribution in [0.1, 0.15) is 49.3 Å². The summed E-state index contributed by atoms with van der Waals surface area (Å²) in [4.78, 5) is 28.1. The summed E-state index contributed by atoms with van der Waals surface area (Å²) in [6.45, 7) is 0. The third kappa shape index (κ3) is 3.78. The molecule has 6 heteroatoms. The molecule has 162 valence electrons. The average Bonchev–Trinajstić information content (AvgIpc) is 3.09. The molecule has 2 fully saturated rings. The zero-order valence-corrected chi connectivity index (χ0v) is 17.8. The normalized spacial score (nSPS) is 21.4. The van der Waals surface area contributed by atoms with E-state index in [1.165, 1.54) is 0 Å². The lowest BCUT2D eigenvalue weighted by Crippen LogP contribution is -2.40. The van der Waals surface area contributed by atoms with Gasteiger partial charge in [0, 0.05) is 17.2 Å². The minimum Gasteiger partial charge on any atom is -0.507 e. The van der Waals surface area contributed by atoms with Gasteiger partial charge in [-0.3, -0.25) is 9.59 Å². The van der Waals surface area contributed by atoms with E-state index in [0.29, 0.717) is 22.6 Å². The molecule has 0 spiro atoms. The van der Waals surface area contributed by atoms with Crippen molar-refractivity contribution < 1.29 is 24.2 Å². The molecule has 0 bridgehead atoms. The van der Waals surface area contributed by atoms with Crippen molar-refractivity contribution in [2.45, 2.75) is 44.2 Å². The summed E-state index contributed by atoms with van der Waals surface area (Å²) >= 11 is 0. The lowest BCUT2D eigenvalue weighted by atomic mass is 9.90. The molecule has 1 aliphatic carbocycles. The van der Waals surface area contributed by atoms with Crippen molar-refractivity contribution in [1.29, 1.82) is 0 Å². The van der Waals surface area contributed by atoms with Crippen LogP contribution >= 0.6 is 0 Å². The minimum absolute atomic E-state index is 0.0405. The van der Waals surface area contributed by atoms with E-state index in [9.17, 15) is 14.7 Å². The second kappa shape index (κ2) is 8.84. The van der Waals surface area contributed by atoms with Crippen LogP contribution in [-0.4, -0.2) is 42.0 Å². The topological polar surface area (TPSA) is 76.1 Å². The number of benzene rings is 2. The zero-order chi connectivity index (χ0) is 22.0. The fourth-order valence-electron chi connectivity index (χ4n) is 4.69. The van der Waals surface area contributed by atoms with Crippen molar-refractivity contribution in [2.75, 3.05) is 14.2 Å². The number of ether oxygens (including phenoxy) is 2. The van der Waals surface area contributed by atoms with Gasteiger partial charge in [0.1, 0.15) is 17.3 Å². The first-order chi connectivity index (χ1) is 15.1. The fraction of sp³-hybridized carbons (Fsp3) is 0.360. The molecule has 0 aromatic heterocycles. The molecule has 6 nitrogen and oxygen atoms in total. The summed E-state index contributed by atoms with van der Waals surface area (Å²) in [5.41, 5.74) is 1.26. The number of nitrogens with zero attached hydrogens (tertiary/aromatic N) is 1. The minimum atomic E-state index is -0.693. The molecule has 0 radical (unpaired) electrons. The largest absolute Gasteiger partial charge is 0.507 e. The highest BCUT2D eigenvalue weighted by Gasteiger charge is 2.49. The molecule has 1 amide bonds. The van der Waals surface area contributed by atoms with Gasteiger partial charge in [-0.1, -0.05) is 37.5 Å². The Kier molecular flexibility index (Phi) is 5.98. The van der Waals surface area contributed by atoms with Crippen LogP contribution in [0.4, 0.5) is 0 Å². The van der Waals surface area contributed by atoms with Crippen LogP contribution in [0.15, 0.2) is 54.1 Å². The maximum Gasteiger partial charge on any atom is 0.295 e. The monoisotopic (exact) mass is 421 g/mol. The maximum atomic E-state index is 13.2. The van der Waals surface area contributed by atoms with E-state index >= 15 is 0 Å². The first-order valence-electron chi connectivity index (χ1n) is 10.6. The number of ketones is 1. The molecule has 1 saturated carbocycles. The Morgan fingerprint density at radius 1 is 0.935 bits per heavy atom. The summed E-state index contributed by atoms with van der Waals surface area (Å²) in [7, 11) is 3.13. The molecular weight excluding hydrogens is 394 g/mol. The molecule has 2 aliphatic rings. The lowest BCUT2D eigenvalue weighted by molar-refractivity contribution is -0.141. The first-order valence-corrected chi connectivity index (χ1v) is 10.6. The van der Waals surface area contributed by atoms with Gasteiger partial charge in [-0.05, 0) is 43.2 Å². The van der Waals surface area contributed by atoms with E-state index in [2.05, 4.69) is 0 Å². The van der Waals surface area contributed by atoms with E-state index in [1.54, 1.807) is 43.4 Å². The van der Waals surface area contributed by atoms with Crippen LogP contribution < -0.4 is 9.47 Å². The van der Waals surface area contributed by atoms with Crippen LogP contribution in [0.2, 0.25) is 0 Å². The molecule has 1 unspecified atom stereocenters. The Bertz CT molecular complexity index is 1000. The summed E-state index contributed by atoms with van der Waals surface area (Å²) in [5.74, 6) is -0.181. The molecule has 4 rings (SSSR count). The molecule has 1 aliphatic heterocycles. The molecule has 1 N–H and O–H groups in total. The number of hydrogen-bond donors (Lipinski definition) is 1. The van der Waals surface area contributed by atoms with Crippen molar-refractivity contribution >= 4 is 17.4 Å². The summed E-state index contributed by atoms with van der Waals surface area (Å²) in [6.07, 6.45) is 4.86. The highest BCUT2D eigenvalue weighted by molar-refractivity contribution is 6.46. The third-order valence-electron chi connectivity index (χ3n) is 6.25. The van der Waals surface area contributed by atoms with Gasteiger partial charge in [-0.15, -0.1) is 0 Å². The van der Waals surface area contributed by atoms with E-state index in [-0.39, 0.29) is 17.4 Å². The number of rotatable bonds is 5. The third-order valence-corrected chi connectivity index (χ3v) is 6.25. The first kappa shape index (κ1) is 21.0. The van der Waals surface area contributed by atoms with Gasteiger partial charge in [0.2, 0.25) is 0 Å². The Balaban J connectivity index is 1.88. The number of methoxy groups -OCH3 is 2. The Morgan fingerprint density at radius 2 is 1.61 bits per heavy atom. The van der Waals surface area contributed by atoms with Gasteiger partial charge in [-0.2, -0.15) is 0 Å². The maximum absolute atomic E-state index is 13.2. The van der Waals surface area contributed by atoms with Crippen molar-refractivity contribution in [3.63, 3.8) is 0 Å². The van der Waals surface area contributed by atoms with Crippen LogP contribution in [0.5, 0.6) is 11.5 Å².